The van der Waals surface area contributed by atoms with Gasteiger partial charge in [0.25, 0.3) is 0 Å². The Bertz CT molecular complexity index is 490. The molecular formula is C19H32IN3O2. The summed E-state index contributed by atoms with van der Waals surface area (Å²) < 4.78 is 10.8. The molecule has 0 radical (unpaired) electrons. The van der Waals surface area contributed by atoms with E-state index >= 15 is 0 Å². The molecule has 0 saturated heterocycles. The van der Waals surface area contributed by atoms with Gasteiger partial charge in [-0.25, -0.2) is 4.99 Å². The summed E-state index contributed by atoms with van der Waals surface area (Å²) in [6, 6.07) is 8.39. The third kappa shape index (κ3) is 10.0. The Balaban J connectivity index is 0.00000312. The van der Waals surface area contributed by atoms with E-state index < -0.39 is 0 Å². The van der Waals surface area contributed by atoms with E-state index in [1.807, 2.05) is 0 Å². The van der Waals surface area contributed by atoms with Crippen LogP contribution in [0.25, 0.3) is 0 Å². The van der Waals surface area contributed by atoms with Gasteiger partial charge in [-0.1, -0.05) is 24.3 Å². The lowest BCUT2D eigenvalue weighted by molar-refractivity contribution is 0.123. The molecule has 142 valence electrons. The number of ether oxygens (including phenoxy) is 2. The third-order valence-electron chi connectivity index (χ3n) is 3.91. The molecule has 1 fully saturated rings. The van der Waals surface area contributed by atoms with Crippen molar-refractivity contribution in [2.24, 2.45) is 10.9 Å². The number of hydrogen-bond acceptors (Lipinski definition) is 3. The minimum Gasteiger partial charge on any atom is -0.381 e. The van der Waals surface area contributed by atoms with E-state index in [-0.39, 0.29) is 24.0 Å². The first-order chi connectivity index (χ1) is 11.8. The van der Waals surface area contributed by atoms with Crippen LogP contribution in [0.15, 0.2) is 29.3 Å². The van der Waals surface area contributed by atoms with Crippen molar-refractivity contribution >= 4 is 29.9 Å². The molecule has 0 heterocycles. The molecule has 0 atom stereocenters. The second-order valence-electron chi connectivity index (χ2n) is 6.24. The Morgan fingerprint density at radius 3 is 2.52 bits per heavy atom. The number of halogens is 1. The first-order valence-corrected chi connectivity index (χ1v) is 8.98. The Morgan fingerprint density at radius 2 is 1.88 bits per heavy atom. The quantitative estimate of drug-likeness (QED) is 0.230. The molecule has 0 bridgehead atoms. The van der Waals surface area contributed by atoms with Gasteiger partial charge in [-0.05, 0) is 43.2 Å². The van der Waals surface area contributed by atoms with Crippen LogP contribution in [0.3, 0.4) is 0 Å². The van der Waals surface area contributed by atoms with Crippen molar-refractivity contribution in [1.29, 1.82) is 0 Å². The maximum Gasteiger partial charge on any atom is 0.191 e. The summed E-state index contributed by atoms with van der Waals surface area (Å²) in [5, 5.41) is 6.65. The van der Waals surface area contributed by atoms with E-state index in [0.29, 0.717) is 13.2 Å². The number of aliphatic imine (C=N–C) groups is 1. The molecular weight excluding hydrogens is 429 g/mol. The number of nitrogens with one attached hydrogen (secondary N) is 2. The highest BCUT2D eigenvalue weighted by atomic mass is 127. The molecule has 0 spiro atoms. The molecule has 1 aromatic rings. The van der Waals surface area contributed by atoms with Gasteiger partial charge in [0.2, 0.25) is 0 Å². The Morgan fingerprint density at radius 1 is 1.16 bits per heavy atom. The van der Waals surface area contributed by atoms with Gasteiger partial charge in [0.15, 0.2) is 5.96 Å². The second kappa shape index (κ2) is 13.4. The van der Waals surface area contributed by atoms with Crippen molar-refractivity contribution in [3.63, 3.8) is 0 Å². The fourth-order valence-electron chi connectivity index (χ4n) is 2.34. The molecule has 6 heteroatoms. The minimum atomic E-state index is 0. The van der Waals surface area contributed by atoms with Crippen LogP contribution in [0.5, 0.6) is 0 Å². The molecule has 2 rings (SSSR count). The van der Waals surface area contributed by atoms with Gasteiger partial charge in [0.05, 0.1) is 13.2 Å². The SMILES string of the molecule is CCNC(=NCc1ccc(COC)cc1)NCCCOCC1CC1.I. The van der Waals surface area contributed by atoms with Crippen molar-refractivity contribution in [3.05, 3.63) is 35.4 Å². The van der Waals surface area contributed by atoms with Crippen LogP contribution in [0.2, 0.25) is 0 Å². The van der Waals surface area contributed by atoms with Crippen molar-refractivity contribution in [3.8, 4) is 0 Å². The van der Waals surface area contributed by atoms with Gasteiger partial charge < -0.3 is 20.1 Å². The monoisotopic (exact) mass is 461 g/mol. The van der Waals surface area contributed by atoms with Crippen LogP contribution in [0.1, 0.15) is 37.3 Å². The lowest BCUT2D eigenvalue weighted by Crippen LogP contribution is -2.38. The topological polar surface area (TPSA) is 54.9 Å². The van der Waals surface area contributed by atoms with E-state index in [1.54, 1.807) is 7.11 Å². The van der Waals surface area contributed by atoms with Gasteiger partial charge in [-0.2, -0.15) is 0 Å². The molecule has 25 heavy (non-hydrogen) atoms. The Labute approximate surface area is 169 Å². The maximum atomic E-state index is 5.65. The molecule has 5 nitrogen and oxygen atoms in total. The standard InChI is InChI=1S/C19H31N3O2.HI/c1-3-20-19(21-11-4-12-24-15-18-9-10-18)22-13-16-5-7-17(8-6-16)14-23-2;/h5-8,18H,3-4,9-15H2,1-2H3,(H2,20,21,22);1H. The summed E-state index contributed by atoms with van der Waals surface area (Å²) in [6.07, 6.45) is 3.70. The van der Waals surface area contributed by atoms with Gasteiger partial charge in [-0.3, -0.25) is 0 Å². The van der Waals surface area contributed by atoms with Crippen LogP contribution in [-0.2, 0) is 22.6 Å². The predicted octanol–water partition coefficient (Wildman–Crippen LogP) is 3.32. The minimum absolute atomic E-state index is 0. The fourth-order valence-corrected chi connectivity index (χ4v) is 2.34. The molecule has 0 aliphatic heterocycles. The molecule has 1 aliphatic rings. The lowest BCUT2D eigenvalue weighted by Gasteiger charge is -2.11. The first kappa shape index (κ1) is 22.2. The van der Waals surface area contributed by atoms with Crippen LogP contribution >= 0.6 is 24.0 Å². The normalized spacial score (nSPS) is 14.1. The summed E-state index contributed by atoms with van der Waals surface area (Å²) in [5.41, 5.74) is 2.38. The van der Waals surface area contributed by atoms with E-state index in [4.69, 9.17) is 9.47 Å². The van der Waals surface area contributed by atoms with Crippen LogP contribution in [0, 0.1) is 5.92 Å². The van der Waals surface area contributed by atoms with Crippen molar-refractivity contribution < 1.29 is 9.47 Å². The highest BCUT2D eigenvalue weighted by molar-refractivity contribution is 14.0. The van der Waals surface area contributed by atoms with Gasteiger partial charge >= 0.3 is 0 Å². The number of methoxy groups -OCH3 is 1. The van der Waals surface area contributed by atoms with Gasteiger partial charge in [-0.15, -0.1) is 24.0 Å². The largest absolute Gasteiger partial charge is 0.381 e. The molecule has 2 N–H and O–H groups in total. The van der Waals surface area contributed by atoms with E-state index in [2.05, 4.69) is 46.8 Å². The number of hydrogen-bond donors (Lipinski definition) is 2. The summed E-state index contributed by atoms with van der Waals surface area (Å²) in [5.74, 6) is 1.70. The molecule has 0 aromatic heterocycles. The number of benzene rings is 1. The van der Waals surface area contributed by atoms with Gasteiger partial charge in [0, 0.05) is 33.4 Å². The highest BCUT2D eigenvalue weighted by Gasteiger charge is 2.20. The van der Waals surface area contributed by atoms with E-state index in [0.717, 1.165) is 44.6 Å². The van der Waals surface area contributed by atoms with E-state index in [9.17, 15) is 0 Å². The first-order valence-electron chi connectivity index (χ1n) is 8.98. The molecule has 0 amide bonds. The molecule has 0 unspecified atom stereocenters. The zero-order valence-corrected chi connectivity index (χ0v) is 17.8. The summed E-state index contributed by atoms with van der Waals surface area (Å²) in [7, 11) is 1.71. The smallest absolute Gasteiger partial charge is 0.191 e. The van der Waals surface area contributed by atoms with Gasteiger partial charge in [0.1, 0.15) is 0 Å². The number of guanidine groups is 1. The molecule has 1 saturated carbocycles. The second-order valence-corrected chi connectivity index (χ2v) is 6.24. The van der Waals surface area contributed by atoms with Crippen LogP contribution in [0.4, 0.5) is 0 Å². The zero-order valence-electron chi connectivity index (χ0n) is 15.4. The maximum absolute atomic E-state index is 5.65. The van der Waals surface area contributed by atoms with Crippen molar-refractivity contribution in [2.45, 2.75) is 39.3 Å². The number of rotatable bonds is 11. The van der Waals surface area contributed by atoms with E-state index in [1.165, 1.54) is 24.0 Å². The lowest BCUT2D eigenvalue weighted by atomic mass is 10.1. The van der Waals surface area contributed by atoms with Crippen LogP contribution < -0.4 is 10.6 Å². The Hall–Kier alpha value is -0.860. The number of nitrogens with zero attached hydrogens (tertiary/aromatic N) is 1. The van der Waals surface area contributed by atoms with Crippen LogP contribution in [-0.4, -0.2) is 39.4 Å². The Kier molecular flexibility index (Phi) is 11.9. The predicted molar refractivity (Wildman–Crippen MR) is 114 cm³/mol. The zero-order chi connectivity index (χ0) is 17.0. The van der Waals surface area contributed by atoms with Crippen molar-refractivity contribution in [1.82, 2.24) is 10.6 Å². The molecule has 1 aliphatic carbocycles. The molecule has 1 aromatic carbocycles. The average molecular weight is 461 g/mol. The fraction of sp³-hybridized carbons (Fsp3) is 0.632. The summed E-state index contributed by atoms with van der Waals surface area (Å²) in [4.78, 5) is 4.64. The average Bonchev–Trinajstić information content (AvgIpc) is 3.41. The highest BCUT2D eigenvalue weighted by Crippen LogP contribution is 2.28. The summed E-state index contributed by atoms with van der Waals surface area (Å²) in [6.45, 7) is 6.89. The summed E-state index contributed by atoms with van der Waals surface area (Å²) >= 11 is 0. The van der Waals surface area contributed by atoms with Crippen molar-refractivity contribution in [2.75, 3.05) is 33.4 Å². The third-order valence-corrected chi connectivity index (χ3v) is 3.91.